The summed E-state index contributed by atoms with van der Waals surface area (Å²) < 4.78 is 6.15. The number of aromatic nitrogens is 1. The van der Waals surface area contributed by atoms with Gasteiger partial charge in [-0.2, -0.15) is 0 Å². The van der Waals surface area contributed by atoms with Gasteiger partial charge < -0.3 is 15.4 Å². The number of rotatable bonds is 9. The Hall–Kier alpha value is -3.92. The van der Waals surface area contributed by atoms with Crippen molar-refractivity contribution in [2.24, 2.45) is 0 Å². The van der Waals surface area contributed by atoms with Gasteiger partial charge in [0.05, 0.1) is 12.8 Å². The van der Waals surface area contributed by atoms with Crippen LogP contribution in [0.3, 0.4) is 0 Å². The number of hydrogen-bond acceptors (Lipinski definition) is 6. The Bertz CT molecular complexity index is 1590. The first-order chi connectivity index (χ1) is 19.5. The second-order valence-electron chi connectivity index (χ2n) is 8.65. The fourth-order valence-electron chi connectivity index (χ4n) is 3.85. The topological polar surface area (TPSA) is 80.3 Å². The van der Waals surface area contributed by atoms with Crippen molar-refractivity contribution in [3.8, 4) is 17.0 Å². The molecule has 2 N–H and O–H groups in total. The standard InChI is InChI=1S/C31H24BrN3O3S2/c1-38-25-15-9-22(10-16-25)29(36)33-24-13-17-26(18-14-24)40-28(21-5-3-2-4-6-21)30(37)35-31-34-27(19-39-31)20-7-11-23(32)12-8-20/h2-19,28H,1H3,(H,33,36)(H,34,35,37). The number of anilines is 2. The fraction of sp³-hybridized carbons (Fsp3) is 0.0645. The molecule has 0 bridgehead atoms. The number of benzene rings is 4. The Kier molecular flexibility index (Phi) is 8.95. The molecular formula is C31H24BrN3O3S2. The van der Waals surface area contributed by atoms with Gasteiger partial charge in [-0.05, 0) is 66.2 Å². The van der Waals surface area contributed by atoms with E-state index in [0.29, 0.717) is 22.1 Å². The highest BCUT2D eigenvalue weighted by atomic mass is 79.9. The van der Waals surface area contributed by atoms with Crippen LogP contribution >= 0.6 is 39.0 Å². The van der Waals surface area contributed by atoms with Crippen molar-refractivity contribution in [2.75, 3.05) is 17.7 Å². The number of amides is 2. The van der Waals surface area contributed by atoms with E-state index in [9.17, 15) is 9.59 Å². The normalized spacial score (nSPS) is 11.4. The Morgan fingerprint density at radius 2 is 1.57 bits per heavy atom. The third-order valence-corrected chi connectivity index (χ3v) is 8.49. The van der Waals surface area contributed by atoms with Gasteiger partial charge in [-0.1, -0.05) is 58.4 Å². The summed E-state index contributed by atoms with van der Waals surface area (Å²) in [6.07, 6.45) is 0. The molecule has 5 rings (SSSR count). The average Bonchev–Trinajstić information content (AvgIpc) is 3.46. The van der Waals surface area contributed by atoms with Crippen molar-refractivity contribution in [1.29, 1.82) is 0 Å². The number of nitrogens with zero attached hydrogens (tertiary/aromatic N) is 1. The summed E-state index contributed by atoms with van der Waals surface area (Å²) >= 11 is 6.28. The van der Waals surface area contributed by atoms with E-state index in [1.54, 1.807) is 31.4 Å². The second kappa shape index (κ2) is 13.0. The fourth-order valence-corrected chi connectivity index (χ4v) is 5.87. The summed E-state index contributed by atoms with van der Waals surface area (Å²) in [6, 6.07) is 31.9. The molecule has 1 heterocycles. The predicted molar refractivity (Wildman–Crippen MR) is 166 cm³/mol. The Labute approximate surface area is 249 Å². The van der Waals surface area contributed by atoms with E-state index in [0.717, 1.165) is 26.2 Å². The van der Waals surface area contributed by atoms with Gasteiger partial charge in [0, 0.05) is 31.6 Å². The molecule has 0 aliphatic carbocycles. The molecule has 2 amide bonds. The predicted octanol–water partition coefficient (Wildman–Crippen LogP) is 8.31. The summed E-state index contributed by atoms with van der Waals surface area (Å²) in [5.74, 6) is 0.315. The van der Waals surface area contributed by atoms with Gasteiger partial charge in [0.2, 0.25) is 5.91 Å². The molecule has 0 aliphatic heterocycles. The van der Waals surface area contributed by atoms with Crippen molar-refractivity contribution in [1.82, 2.24) is 4.98 Å². The first kappa shape index (κ1) is 27.6. The van der Waals surface area contributed by atoms with Gasteiger partial charge in [-0.3, -0.25) is 9.59 Å². The number of carbonyl (C=O) groups excluding carboxylic acids is 2. The number of nitrogens with one attached hydrogen (secondary N) is 2. The van der Waals surface area contributed by atoms with E-state index in [4.69, 9.17) is 4.74 Å². The molecular weight excluding hydrogens is 606 g/mol. The van der Waals surface area contributed by atoms with Gasteiger partial charge in [-0.15, -0.1) is 23.1 Å². The molecule has 6 nitrogen and oxygen atoms in total. The molecule has 0 spiro atoms. The van der Waals surface area contributed by atoms with E-state index in [1.807, 2.05) is 84.2 Å². The summed E-state index contributed by atoms with van der Waals surface area (Å²) in [7, 11) is 1.58. The lowest BCUT2D eigenvalue weighted by molar-refractivity contribution is -0.115. The first-order valence-corrected chi connectivity index (χ1v) is 14.8. The van der Waals surface area contributed by atoms with Crippen LogP contribution < -0.4 is 15.4 Å². The molecule has 0 saturated carbocycles. The van der Waals surface area contributed by atoms with Crippen LogP contribution in [0, 0.1) is 0 Å². The van der Waals surface area contributed by atoms with Gasteiger partial charge in [-0.25, -0.2) is 4.98 Å². The van der Waals surface area contributed by atoms with E-state index in [-0.39, 0.29) is 11.8 Å². The van der Waals surface area contributed by atoms with Crippen LogP contribution in [0.1, 0.15) is 21.2 Å². The third-order valence-electron chi connectivity index (χ3n) is 5.93. The van der Waals surface area contributed by atoms with Gasteiger partial charge in [0.1, 0.15) is 11.0 Å². The van der Waals surface area contributed by atoms with E-state index in [2.05, 4.69) is 31.5 Å². The van der Waals surface area contributed by atoms with Crippen LogP contribution in [0.4, 0.5) is 10.8 Å². The molecule has 1 aromatic heterocycles. The van der Waals surface area contributed by atoms with Crippen molar-refractivity contribution in [3.05, 3.63) is 124 Å². The third kappa shape index (κ3) is 6.98. The minimum absolute atomic E-state index is 0.162. The van der Waals surface area contributed by atoms with Crippen molar-refractivity contribution >= 4 is 61.7 Å². The van der Waals surface area contributed by atoms with Crippen LogP contribution in [0.2, 0.25) is 0 Å². The van der Waals surface area contributed by atoms with Crippen molar-refractivity contribution in [2.45, 2.75) is 10.1 Å². The van der Waals surface area contributed by atoms with Crippen molar-refractivity contribution < 1.29 is 14.3 Å². The maximum absolute atomic E-state index is 13.5. The molecule has 0 fully saturated rings. The summed E-state index contributed by atoms with van der Waals surface area (Å²) in [6.45, 7) is 0. The molecule has 4 aromatic carbocycles. The highest BCUT2D eigenvalue weighted by Crippen LogP contribution is 2.37. The minimum Gasteiger partial charge on any atom is -0.497 e. The van der Waals surface area contributed by atoms with Crippen molar-refractivity contribution in [3.63, 3.8) is 0 Å². The number of methoxy groups -OCH3 is 1. The highest BCUT2D eigenvalue weighted by molar-refractivity contribution is 9.10. The average molecular weight is 631 g/mol. The zero-order chi connectivity index (χ0) is 27.9. The van der Waals surface area contributed by atoms with E-state index < -0.39 is 5.25 Å². The molecule has 1 unspecified atom stereocenters. The number of thioether (sulfide) groups is 1. The van der Waals surface area contributed by atoms with Crippen LogP contribution in [0.5, 0.6) is 5.75 Å². The lowest BCUT2D eigenvalue weighted by atomic mass is 10.1. The van der Waals surface area contributed by atoms with E-state index >= 15 is 0 Å². The van der Waals surface area contributed by atoms with Crippen LogP contribution in [0.15, 0.2) is 118 Å². The number of halogens is 1. The zero-order valence-electron chi connectivity index (χ0n) is 21.3. The Morgan fingerprint density at radius 1 is 0.875 bits per heavy atom. The van der Waals surface area contributed by atoms with Crippen LogP contribution in [-0.2, 0) is 4.79 Å². The Morgan fingerprint density at radius 3 is 2.25 bits per heavy atom. The Balaban J connectivity index is 1.28. The van der Waals surface area contributed by atoms with Crippen LogP contribution in [0.25, 0.3) is 11.3 Å². The zero-order valence-corrected chi connectivity index (χ0v) is 24.6. The highest BCUT2D eigenvalue weighted by Gasteiger charge is 2.23. The molecule has 40 heavy (non-hydrogen) atoms. The molecule has 0 radical (unpaired) electrons. The molecule has 0 saturated heterocycles. The summed E-state index contributed by atoms with van der Waals surface area (Å²) in [5.41, 5.74) is 3.86. The SMILES string of the molecule is COc1ccc(C(=O)Nc2ccc(SC(C(=O)Nc3nc(-c4ccc(Br)cc4)cs3)c3ccccc3)cc2)cc1. The van der Waals surface area contributed by atoms with Gasteiger partial charge >= 0.3 is 0 Å². The quantitative estimate of drug-likeness (QED) is 0.160. The molecule has 0 aliphatic rings. The molecule has 9 heteroatoms. The second-order valence-corrected chi connectivity index (χ2v) is 11.6. The van der Waals surface area contributed by atoms with Gasteiger partial charge in [0.25, 0.3) is 5.91 Å². The number of hydrogen-bond donors (Lipinski definition) is 2. The maximum Gasteiger partial charge on any atom is 0.255 e. The first-order valence-electron chi connectivity index (χ1n) is 12.3. The lowest BCUT2D eigenvalue weighted by Gasteiger charge is -2.16. The summed E-state index contributed by atoms with van der Waals surface area (Å²) in [5, 5.41) is 7.88. The number of carbonyl (C=O) groups is 2. The molecule has 200 valence electrons. The number of thiazole rings is 1. The monoisotopic (exact) mass is 629 g/mol. The van der Waals surface area contributed by atoms with Gasteiger partial charge in [0.15, 0.2) is 5.13 Å². The minimum atomic E-state index is -0.499. The number of ether oxygens (including phenoxy) is 1. The summed E-state index contributed by atoms with van der Waals surface area (Å²) in [4.78, 5) is 31.6. The molecule has 5 aromatic rings. The maximum atomic E-state index is 13.5. The van der Waals surface area contributed by atoms with E-state index in [1.165, 1.54) is 23.1 Å². The smallest absolute Gasteiger partial charge is 0.255 e. The van der Waals surface area contributed by atoms with Crippen LogP contribution in [-0.4, -0.2) is 23.9 Å². The largest absolute Gasteiger partial charge is 0.497 e. The lowest BCUT2D eigenvalue weighted by Crippen LogP contribution is -2.19. The molecule has 1 atom stereocenters.